The van der Waals surface area contributed by atoms with Crippen LogP contribution in [-0.4, -0.2) is 14.5 Å². The van der Waals surface area contributed by atoms with E-state index >= 15 is 0 Å². The van der Waals surface area contributed by atoms with Gasteiger partial charge in [-0.15, -0.1) is 0 Å². The van der Waals surface area contributed by atoms with Crippen molar-refractivity contribution in [1.29, 1.82) is 0 Å². The molecular weight excluding hydrogens is 296 g/mol. The molecule has 1 aliphatic rings. The maximum atomic E-state index is 6.10. The molecule has 2 N–H and O–H groups in total. The first-order valence-electron chi connectivity index (χ1n) is 8.74. The monoisotopic (exact) mass is 322 g/mol. The zero-order chi connectivity index (χ0) is 17.1. The van der Waals surface area contributed by atoms with Crippen molar-refractivity contribution in [2.45, 2.75) is 45.6 Å². The van der Waals surface area contributed by atoms with Gasteiger partial charge in [-0.05, 0) is 49.7 Å². The average Bonchev–Trinajstić information content (AvgIpc) is 3.21. The summed E-state index contributed by atoms with van der Waals surface area (Å²) in [5.41, 5.74) is 9.73. The Kier molecular flexibility index (Phi) is 4.84. The molecular formula is C20H26N4. The Morgan fingerprint density at radius 1 is 1.42 bits per heavy atom. The van der Waals surface area contributed by atoms with Gasteiger partial charge in [-0.2, -0.15) is 0 Å². The van der Waals surface area contributed by atoms with Gasteiger partial charge in [0.15, 0.2) is 0 Å². The van der Waals surface area contributed by atoms with Gasteiger partial charge in [0.25, 0.3) is 0 Å². The van der Waals surface area contributed by atoms with E-state index in [0.717, 1.165) is 23.9 Å². The van der Waals surface area contributed by atoms with Gasteiger partial charge >= 0.3 is 0 Å². The number of nitrogen functional groups attached to an aromatic ring is 1. The van der Waals surface area contributed by atoms with E-state index in [4.69, 9.17) is 5.73 Å². The van der Waals surface area contributed by atoms with Gasteiger partial charge in [0.1, 0.15) is 17.8 Å². The Balaban J connectivity index is 1.92. The number of anilines is 1. The summed E-state index contributed by atoms with van der Waals surface area (Å²) < 4.78 is 2.33. The molecule has 0 amide bonds. The Bertz CT molecular complexity index is 797. The topological polar surface area (TPSA) is 56.7 Å². The smallest absolute Gasteiger partial charge is 0.146 e. The van der Waals surface area contributed by atoms with Gasteiger partial charge < -0.3 is 10.3 Å². The number of hydrogen-bond acceptors (Lipinski definition) is 3. The number of hydrogen-bond donors (Lipinski definition) is 1. The van der Waals surface area contributed by atoms with E-state index in [1.54, 1.807) is 6.33 Å². The van der Waals surface area contributed by atoms with Crippen LogP contribution in [0.1, 0.15) is 44.7 Å². The third-order valence-electron chi connectivity index (χ3n) is 5.13. The minimum atomic E-state index is 0.471. The molecule has 0 aromatic carbocycles. The summed E-state index contributed by atoms with van der Waals surface area (Å²) in [6, 6.07) is 0.471. The van der Waals surface area contributed by atoms with Crippen LogP contribution in [0.3, 0.4) is 0 Å². The highest BCUT2D eigenvalue weighted by molar-refractivity contribution is 5.89. The highest BCUT2D eigenvalue weighted by atomic mass is 15.1. The zero-order valence-corrected chi connectivity index (χ0v) is 14.6. The first kappa shape index (κ1) is 16.5. The minimum Gasteiger partial charge on any atom is -0.383 e. The quantitative estimate of drug-likeness (QED) is 0.818. The molecule has 2 aromatic rings. The van der Waals surface area contributed by atoms with E-state index in [0.29, 0.717) is 17.8 Å². The lowest BCUT2D eigenvalue weighted by Crippen LogP contribution is -2.06. The summed E-state index contributed by atoms with van der Waals surface area (Å²) in [6.07, 6.45) is 16.5. The maximum Gasteiger partial charge on any atom is 0.146 e. The molecule has 0 saturated heterocycles. The van der Waals surface area contributed by atoms with Crippen LogP contribution in [0, 0.1) is 5.92 Å². The lowest BCUT2D eigenvalue weighted by atomic mass is 9.96. The molecule has 126 valence electrons. The van der Waals surface area contributed by atoms with Crippen molar-refractivity contribution >= 4 is 16.9 Å². The predicted molar refractivity (Wildman–Crippen MR) is 101 cm³/mol. The second kappa shape index (κ2) is 7.04. The summed E-state index contributed by atoms with van der Waals surface area (Å²) in [4.78, 5) is 8.70. The standard InChI is InChI=1S/C20H26N4/c1-4-7-8-14(5-2)16-9-10-17(11-16)24-12-15(6-3)18-19(21)22-13-23-20(18)24/h4-5,7-8,12-13,16-17H,1,6,9-11H2,2-3H3,(H2,21,22,23)/b8-7-,14-5+. The summed E-state index contributed by atoms with van der Waals surface area (Å²) in [5.74, 6) is 1.19. The number of nitrogens with zero attached hydrogens (tertiary/aromatic N) is 3. The van der Waals surface area contributed by atoms with Gasteiger partial charge in [0.2, 0.25) is 0 Å². The maximum absolute atomic E-state index is 6.10. The highest BCUT2D eigenvalue weighted by Gasteiger charge is 2.29. The Morgan fingerprint density at radius 2 is 2.25 bits per heavy atom. The first-order chi connectivity index (χ1) is 11.7. The zero-order valence-electron chi connectivity index (χ0n) is 14.6. The van der Waals surface area contributed by atoms with Gasteiger partial charge in [-0.25, -0.2) is 9.97 Å². The van der Waals surface area contributed by atoms with E-state index in [-0.39, 0.29) is 0 Å². The molecule has 0 radical (unpaired) electrons. The molecule has 2 unspecified atom stereocenters. The van der Waals surface area contributed by atoms with E-state index in [1.807, 2.05) is 12.2 Å². The van der Waals surface area contributed by atoms with Crippen LogP contribution in [0.25, 0.3) is 11.0 Å². The summed E-state index contributed by atoms with van der Waals surface area (Å²) in [5, 5.41) is 1.03. The normalized spacial score (nSPS) is 21.8. The van der Waals surface area contributed by atoms with Crippen molar-refractivity contribution in [3.63, 3.8) is 0 Å². The fraction of sp³-hybridized carbons (Fsp3) is 0.400. The fourth-order valence-electron chi connectivity index (χ4n) is 3.89. The molecule has 1 fully saturated rings. The van der Waals surface area contributed by atoms with Crippen molar-refractivity contribution in [1.82, 2.24) is 14.5 Å². The third kappa shape index (κ3) is 2.88. The minimum absolute atomic E-state index is 0.471. The van der Waals surface area contributed by atoms with Crippen LogP contribution >= 0.6 is 0 Å². The molecule has 4 heteroatoms. The number of aromatic nitrogens is 3. The molecule has 0 spiro atoms. The molecule has 3 rings (SSSR count). The number of nitrogens with two attached hydrogens (primary N) is 1. The SMILES string of the molecule is C=C/C=C\C(=C/C)C1CCC(n2cc(CC)c3c(N)ncnc32)C1. The van der Waals surface area contributed by atoms with Crippen LogP contribution < -0.4 is 5.73 Å². The second-order valence-corrected chi connectivity index (χ2v) is 6.42. The number of fused-ring (bicyclic) bond motifs is 1. The molecule has 2 aromatic heterocycles. The number of aryl methyl sites for hydroxylation is 1. The van der Waals surface area contributed by atoms with E-state index in [2.05, 4.69) is 53.3 Å². The fourth-order valence-corrected chi connectivity index (χ4v) is 3.89. The van der Waals surface area contributed by atoms with Crippen molar-refractivity contribution in [3.05, 3.63) is 54.5 Å². The van der Waals surface area contributed by atoms with Crippen LogP contribution in [0.4, 0.5) is 5.82 Å². The van der Waals surface area contributed by atoms with E-state index < -0.39 is 0 Å². The molecule has 4 nitrogen and oxygen atoms in total. The van der Waals surface area contributed by atoms with Crippen LogP contribution in [0.5, 0.6) is 0 Å². The molecule has 0 bridgehead atoms. The largest absolute Gasteiger partial charge is 0.383 e. The summed E-state index contributed by atoms with van der Waals surface area (Å²) >= 11 is 0. The van der Waals surface area contributed by atoms with Crippen LogP contribution in [0.15, 0.2) is 49.0 Å². The highest BCUT2D eigenvalue weighted by Crippen LogP contribution is 2.41. The van der Waals surface area contributed by atoms with Crippen molar-refractivity contribution in [2.75, 3.05) is 5.73 Å². The average molecular weight is 322 g/mol. The van der Waals surface area contributed by atoms with Crippen LogP contribution in [0.2, 0.25) is 0 Å². The Labute approximate surface area is 143 Å². The number of allylic oxidation sites excluding steroid dienone is 5. The van der Waals surface area contributed by atoms with Crippen molar-refractivity contribution < 1.29 is 0 Å². The van der Waals surface area contributed by atoms with Crippen LogP contribution in [-0.2, 0) is 6.42 Å². The van der Waals surface area contributed by atoms with E-state index in [9.17, 15) is 0 Å². The molecule has 1 aliphatic carbocycles. The Morgan fingerprint density at radius 3 is 2.96 bits per heavy atom. The van der Waals surface area contributed by atoms with Gasteiger partial charge in [0.05, 0.1) is 5.39 Å². The lowest BCUT2D eigenvalue weighted by Gasteiger charge is -2.15. The van der Waals surface area contributed by atoms with Crippen molar-refractivity contribution in [3.8, 4) is 0 Å². The molecule has 0 aliphatic heterocycles. The third-order valence-corrected chi connectivity index (χ3v) is 5.13. The lowest BCUT2D eigenvalue weighted by molar-refractivity contribution is 0.513. The molecule has 2 heterocycles. The first-order valence-corrected chi connectivity index (χ1v) is 8.74. The predicted octanol–water partition coefficient (Wildman–Crippen LogP) is 4.61. The molecule has 24 heavy (non-hydrogen) atoms. The Hall–Kier alpha value is -2.36. The number of rotatable bonds is 5. The van der Waals surface area contributed by atoms with Crippen molar-refractivity contribution in [2.24, 2.45) is 5.92 Å². The van der Waals surface area contributed by atoms with E-state index in [1.165, 1.54) is 24.0 Å². The molecule has 2 atom stereocenters. The molecule has 1 saturated carbocycles. The van der Waals surface area contributed by atoms with Gasteiger partial charge in [-0.3, -0.25) is 0 Å². The van der Waals surface area contributed by atoms with Gasteiger partial charge in [0, 0.05) is 12.2 Å². The summed E-state index contributed by atoms with van der Waals surface area (Å²) in [7, 11) is 0. The van der Waals surface area contributed by atoms with Gasteiger partial charge in [-0.1, -0.05) is 37.8 Å². The second-order valence-electron chi connectivity index (χ2n) is 6.42. The summed E-state index contributed by atoms with van der Waals surface area (Å²) in [6.45, 7) is 8.04.